The fourth-order valence-corrected chi connectivity index (χ4v) is 2.40. The highest BCUT2D eigenvalue weighted by Gasteiger charge is 2.21. The molecule has 1 aliphatic rings. The van der Waals surface area contributed by atoms with Crippen molar-refractivity contribution in [3.63, 3.8) is 0 Å². The number of carbonyl (C=O) groups is 2. The lowest BCUT2D eigenvalue weighted by molar-refractivity contribution is -0.137. The molecule has 0 atom stereocenters. The molecule has 17 heavy (non-hydrogen) atoms. The average molecular weight is 241 g/mol. The van der Waals surface area contributed by atoms with Crippen LogP contribution in [0.25, 0.3) is 0 Å². The number of hydrogen-bond donors (Lipinski definition) is 1. The Morgan fingerprint density at radius 3 is 2.29 bits per heavy atom. The molecule has 4 heteroatoms. The van der Waals surface area contributed by atoms with Gasteiger partial charge in [0.25, 0.3) is 0 Å². The zero-order chi connectivity index (χ0) is 12.7. The highest BCUT2D eigenvalue weighted by atomic mass is 16.4. The second kappa shape index (κ2) is 7.30. The lowest BCUT2D eigenvalue weighted by Crippen LogP contribution is -2.38. The molecule has 1 N–H and O–H groups in total. The van der Waals surface area contributed by atoms with Gasteiger partial charge in [-0.15, -0.1) is 0 Å². The van der Waals surface area contributed by atoms with E-state index >= 15 is 0 Å². The van der Waals surface area contributed by atoms with Crippen LogP contribution in [0.1, 0.15) is 57.8 Å². The van der Waals surface area contributed by atoms with E-state index in [9.17, 15) is 9.59 Å². The number of nitrogens with zero attached hydrogens (tertiary/aromatic N) is 1. The third-order valence-electron chi connectivity index (χ3n) is 3.55. The van der Waals surface area contributed by atoms with Gasteiger partial charge >= 0.3 is 5.97 Å². The highest BCUT2D eigenvalue weighted by molar-refractivity contribution is 5.76. The van der Waals surface area contributed by atoms with Crippen molar-refractivity contribution in [2.24, 2.45) is 0 Å². The molecule has 0 unspecified atom stereocenters. The van der Waals surface area contributed by atoms with Gasteiger partial charge in [-0.2, -0.15) is 0 Å². The third-order valence-corrected chi connectivity index (χ3v) is 3.55. The molecular formula is C13H23NO3. The Labute approximate surface area is 103 Å². The van der Waals surface area contributed by atoms with Crippen LogP contribution >= 0.6 is 0 Å². The van der Waals surface area contributed by atoms with Gasteiger partial charge in [0.1, 0.15) is 0 Å². The number of amides is 1. The molecule has 0 aromatic carbocycles. The number of rotatable bonds is 6. The van der Waals surface area contributed by atoms with Crippen molar-refractivity contribution in [2.45, 2.75) is 63.8 Å². The smallest absolute Gasteiger partial charge is 0.303 e. The molecule has 1 amide bonds. The largest absolute Gasteiger partial charge is 0.481 e. The van der Waals surface area contributed by atoms with E-state index in [1.165, 1.54) is 19.3 Å². The van der Waals surface area contributed by atoms with Gasteiger partial charge in [-0.05, 0) is 25.7 Å². The number of carboxylic acids is 1. The summed E-state index contributed by atoms with van der Waals surface area (Å²) in [5.74, 6) is -0.611. The summed E-state index contributed by atoms with van der Waals surface area (Å²) in [6.45, 7) is 0. The minimum absolute atomic E-state index is 0.167. The van der Waals surface area contributed by atoms with Gasteiger partial charge in [-0.3, -0.25) is 9.59 Å². The fourth-order valence-electron chi connectivity index (χ4n) is 2.40. The van der Waals surface area contributed by atoms with Crippen LogP contribution in [0, 0.1) is 0 Å². The van der Waals surface area contributed by atoms with Crippen LogP contribution in [-0.4, -0.2) is 35.0 Å². The van der Waals surface area contributed by atoms with Crippen LogP contribution in [0.4, 0.5) is 0 Å². The molecule has 0 aromatic heterocycles. The summed E-state index contributed by atoms with van der Waals surface area (Å²) in [7, 11) is 1.88. The molecule has 0 radical (unpaired) electrons. The van der Waals surface area contributed by atoms with Crippen molar-refractivity contribution >= 4 is 11.9 Å². The maximum atomic E-state index is 11.9. The standard InChI is InChI=1S/C13H23NO3/c1-14(11-7-3-2-4-8-11)12(15)9-5-6-10-13(16)17/h11H,2-10H2,1H3,(H,16,17). The maximum Gasteiger partial charge on any atom is 0.303 e. The molecule has 0 heterocycles. The first-order chi connectivity index (χ1) is 8.11. The van der Waals surface area contributed by atoms with Crippen LogP contribution in [0.2, 0.25) is 0 Å². The quantitative estimate of drug-likeness (QED) is 0.726. The number of carboxylic acid groups (broad SMARTS) is 1. The molecular weight excluding hydrogens is 218 g/mol. The van der Waals surface area contributed by atoms with E-state index in [1.807, 2.05) is 11.9 Å². The van der Waals surface area contributed by atoms with Gasteiger partial charge in [-0.25, -0.2) is 0 Å². The monoisotopic (exact) mass is 241 g/mol. The zero-order valence-electron chi connectivity index (χ0n) is 10.7. The van der Waals surface area contributed by atoms with E-state index in [-0.39, 0.29) is 12.3 Å². The second-order valence-corrected chi connectivity index (χ2v) is 4.90. The predicted octanol–water partition coefficient (Wildman–Crippen LogP) is 2.42. The highest BCUT2D eigenvalue weighted by Crippen LogP contribution is 2.22. The SMILES string of the molecule is CN(C(=O)CCCCC(=O)O)C1CCCCC1. The van der Waals surface area contributed by atoms with E-state index in [0.717, 1.165) is 12.8 Å². The lowest BCUT2D eigenvalue weighted by atomic mass is 9.94. The molecule has 0 aromatic rings. The van der Waals surface area contributed by atoms with Gasteiger partial charge in [0.2, 0.25) is 5.91 Å². The zero-order valence-corrected chi connectivity index (χ0v) is 10.7. The van der Waals surface area contributed by atoms with Gasteiger partial charge in [0.05, 0.1) is 0 Å². The molecule has 4 nitrogen and oxygen atoms in total. The first-order valence-electron chi connectivity index (χ1n) is 6.58. The molecule has 1 rings (SSSR count). The minimum Gasteiger partial charge on any atom is -0.481 e. The Morgan fingerprint density at radius 1 is 1.12 bits per heavy atom. The molecule has 1 aliphatic carbocycles. The van der Waals surface area contributed by atoms with Crippen LogP contribution < -0.4 is 0 Å². The van der Waals surface area contributed by atoms with Crippen molar-refractivity contribution in [1.29, 1.82) is 0 Å². The van der Waals surface area contributed by atoms with Crippen molar-refractivity contribution in [2.75, 3.05) is 7.05 Å². The van der Waals surface area contributed by atoms with Crippen LogP contribution in [0.5, 0.6) is 0 Å². The van der Waals surface area contributed by atoms with Gasteiger partial charge in [-0.1, -0.05) is 19.3 Å². The number of unbranched alkanes of at least 4 members (excludes halogenated alkanes) is 1. The van der Waals surface area contributed by atoms with Crippen molar-refractivity contribution in [3.05, 3.63) is 0 Å². The topological polar surface area (TPSA) is 57.6 Å². The summed E-state index contributed by atoms with van der Waals surface area (Å²) in [6.07, 6.45) is 7.91. The molecule has 98 valence electrons. The third kappa shape index (κ3) is 5.20. The Hall–Kier alpha value is -1.06. The van der Waals surface area contributed by atoms with Crippen LogP contribution in [0.15, 0.2) is 0 Å². The Balaban J connectivity index is 2.19. The average Bonchev–Trinajstić information content (AvgIpc) is 2.34. The first-order valence-corrected chi connectivity index (χ1v) is 6.58. The van der Waals surface area contributed by atoms with E-state index in [0.29, 0.717) is 25.3 Å². The summed E-state index contributed by atoms with van der Waals surface area (Å²) in [5.41, 5.74) is 0. The molecule has 0 bridgehead atoms. The molecule has 0 saturated heterocycles. The molecule has 0 aliphatic heterocycles. The fraction of sp³-hybridized carbons (Fsp3) is 0.846. The summed E-state index contributed by atoms with van der Waals surface area (Å²) >= 11 is 0. The summed E-state index contributed by atoms with van der Waals surface area (Å²) in [6, 6.07) is 0.413. The van der Waals surface area contributed by atoms with Gasteiger partial charge in [0, 0.05) is 25.9 Å². The Kier molecular flexibility index (Phi) is 6.01. The minimum atomic E-state index is -0.780. The van der Waals surface area contributed by atoms with Gasteiger partial charge in [0.15, 0.2) is 0 Å². The lowest BCUT2D eigenvalue weighted by Gasteiger charge is -2.31. The Morgan fingerprint density at radius 2 is 1.71 bits per heavy atom. The van der Waals surface area contributed by atoms with Crippen molar-refractivity contribution < 1.29 is 14.7 Å². The normalized spacial score (nSPS) is 16.8. The van der Waals surface area contributed by atoms with Gasteiger partial charge < -0.3 is 10.0 Å². The van der Waals surface area contributed by atoms with E-state index < -0.39 is 5.97 Å². The second-order valence-electron chi connectivity index (χ2n) is 4.90. The number of aliphatic carboxylic acids is 1. The molecule has 1 saturated carbocycles. The first kappa shape index (κ1) is 14.0. The summed E-state index contributed by atoms with van der Waals surface area (Å²) < 4.78 is 0. The summed E-state index contributed by atoms with van der Waals surface area (Å²) in [4.78, 5) is 24.1. The van der Waals surface area contributed by atoms with Crippen molar-refractivity contribution in [1.82, 2.24) is 4.90 Å². The summed E-state index contributed by atoms with van der Waals surface area (Å²) in [5, 5.41) is 8.50. The van der Waals surface area contributed by atoms with E-state index in [1.54, 1.807) is 0 Å². The Bertz CT molecular complexity index is 259. The number of hydrogen-bond acceptors (Lipinski definition) is 2. The van der Waals surface area contributed by atoms with E-state index in [4.69, 9.17) is 5.11 Å². The van der Waals surface area contributed by atoms with Crippen molar-refractivity contribution in [3.8, 4) is 0 Å². The van der Waals surface area contributed by atoms with E-state index in [2.05, 4.69) is 0 Å². The molecule has 0 spiro atoms. The molecule has 1 fully saturated rings. The maximum absolute atomic E-state index is 11.9. The number of carbonyl (C=O) groups excluding carboxylic acids is 1. The van der Waals surface area contributed by atoms with Crippen LogP contribution in [-0.2, 0) is 9.59 Å². The van der Waals surface area contributed by atoms with Crippen LogP contribution in [0.3, 0.4) is 0 Å². The predicted molar refractivity (Wildman–Crippen MR) is 65.7 cm³/mol.